The summed E-state index contributed by atoms with van der Waals surface area (Å²) in [4.78, 5) is 2.28. The summed E-state index contributed by atoms with van der Waals surface area (Å²) >= 11 is 0. The summed E-state index contributed by atoms with van der Waals surface area (Å²) in [6, 6.07) is 7.72. The Bertz CT molecular complexity index is 348. The Morgan fingerprint density at radius 1 is 1.11 bits per heavy atom. The Balaban J connectivity index is 2.58. The van der Waals surface area contributed by atoms with Crippen molar-refractivity contribution in [3.05, 3.63) is 29.8 Å². The Labute approximate surface area is 117 Å². The monoisotopic (exact) mass is 265 g/mol. The van der Waals surface area contributed by atoms with Crippen LogP contribution in [-0.2, 0) is 0 Å². The number of nitrogens with zero attached hydrogens (tertiary/aromatic N) is 1. The van der Waals surface area contributed by atoms with Gasteiger partial charge in [0.05, 0.1) is 12.7 Å². The molecule has 1 atom stereocenters. The fraction of sp³-hybridized carbons (Fsp3) is 0.625. The van der Waals surface area contributed by atoms with Crippen LogP contribution in [0.5, 0.6) is 5.75 Å². The van der Waals surface area contributed by atoms with Gasteiger partial charge in [0.15, 0.2) is 0 Å². The molecule has 0 amide bonds. The van der Waals surface area contributed by atoms with Crippen molar-refractivity contribution in [2.24, 2.45) is 5.92 Å². The van der Waals surface area contributed by atoms with Gasteiger partial charge in [-0.3, -0.25) is 0 Å². The Morgan fingerprint density at radius 3 is 2.21 bits per heavy atom. The van der Waals surface area contributed by atoms with Crippen LogP contribution in [0.3, 0.4) is 0 Å². The molecule has 1 aromatic carbocycles. The molecule has 1 unspecified atom stereocenters. The predicted molar refractivity (Wildman–Crippen MR) is 79.5 cm³/mol. The van der Waals surface area contributed by atoms with Crippen LogP contribution in [0.15, 0.2) is 24.3 Å². The highest BCUT2D eigenvalue weighted by atomic mass is 16.5. The number of rotatable bonds is 8. The lowest BCUT2D eigenvalue weighted by molar-refractivity contribution is 0.109. The Hall–Kier alpha value is -1.06. The van der Waals surface area contributed by atoms with Crippen LogP contribution < -0.4 is 4.74 Å². The molecule has 1 aromatic rings. The summed E-state index contributed by atoms with van der Waals surface area (Å²) in [6.07, 6.45) is -0.436. The van der Waals surface area contributed by atoms with Crippen molar-refractivity contribution in [2.75, 3.05) is 26.2 Å². The van der Waals surface area contributed by atoms with E-state index in [4.69, 9.17) is 4.74 Å². The molecule has 1 rings (SSSR count). The minimum absolute atomic E-state index is 0.436. The van der Waals surface area contributed by atoms with E-state index >= 15 is 0 Å². The van der Waals surface area contributed by atoms with E-state index < -0.39 is 6.10 Å². The zero-order chi connectivity index (χ0) is 14.3. The van der Waals surface area contributed by atoms with Gasteiger partial charge >= 0.3 is 0 Å². The highest BCUT2D eigenvalue weighted by molar-refractivity contribution is 5.28. The molecule has 3 heteroatoms. The molecule has 0 aliphatic heterocycles. The average molecular weight is 265 g/mol. The SMILES string of the molecule is CCOc1ccc(C(O)CN(CC)CC(C)C)cc1. The first-order chi connectivity index (χ1) is 9.06. The topological polar surface area (TPSA) is 32.7 Å². The van der Waals surface area contributed by atoms with E-state index in [1.54, 1.807) is 0 Å². The predicted octanol–water partition coefficient (Wildman–Crippen LogP) is 3.10. The third kappa shape index (κ3) is 5.62. The molecule has 19 heavy (non-hydrogen) atoms. The Kier molecular flexibility index (Phi) is 6.89. The van der Waals surface area contributed by atoms with Gasteiger partial charge in [0.25, 0.3) is 0 Å². The molecule has 0 saturated carbocycles. The van der Waals surface area contributed by atoms with Crippen LogP contribution in [0.2, 0.25) is 0 Å². The molecule has 1 N–H and O–H groups in total. The fourth-order valence-corrected chi connectivity index (χ4v) is 2.15. The summed E-state index contributed by atoms with van der Waals surface area (Å²) in [5.41, 5.74) is 0.950. The second-order valence-electron chi connectivity index (χ2n) is 5.26. The van der Waals surface area contributed by atoms with Gasteiger partial charge in [-0.1, -0.05) is 32.9 Å². The largest absolute Gasteiger partial charge is 0.494 e. The minimum Gasteiger partial charge on any atom is -0.494 e. The molecule has 0 radical (unpaired) electrons. The van der Waals surface area contributed by atoms with Crippen molar-refractivity contribution in [1.82, 2.24) is 4.90 Å². The fourth-order valence-electron chi connectivity index (χ4n) is 2.15. The van der Waals surface area contributed by atoms with Gasteiger partial charge in [-0.15, -0.1) is 0 Å². The normalized spacial score (nSPS) is 13.0. The van der Waals surface area contributed by atoms with Crippen molar-refractivity contribution in [3.8, 4) is 5.75 Å². The zero-order valence-corrected chi connectivity index (χ0v) is 12.6. The lowest BCUT2D eigenvalue weighted by atomic mass is 10.1. The molecular formula is C16H27NO2. The van der Waals surface area contributed by atoms with E-state index in [0.717, 1.165) is 24.4 Å². The van der Waals surface area contributed by atoms with E-state index in [-0.39, 0.29) is 0 Å². The number of aliphatic hydroxyl groups excluding tert-OH is 1. The highest BCUT2D eigenvalue weighted by Gasteiger charge is 2.13. The van der Waals surface area contributed by atoms with Gasteiger partial charge < -0.3 is 14.7 Å². The maximum absolute atomic E-state index is 10.3. The van der Waals surface area contributed by atoms with E-state index in [9.17, 15) is 5.11 Å². The molecule has 0 spiro atoms. The number of aliphatic hydroxyl groups is 1. The second kappa shape index (κ2) is 8.18. The first-order valence-corrected chi connectivity index (χ1v) is 7.20. The quantitative estimate of drug-likeness (QED) is 0.784. The van der Waals surface area contributed by atoms with E-state index in [1.165, 1.54) is 0 Å². The van der Waals surface area contributed by atoms with Gasteiger partial charge in [-0.25, -0.2) is 0 Å². The zero-order valence-electron chi connectivity index (χ0n) is 12.6. The van der Waals surface area contributed by atoms with Gasteiger partial charge in [0, 0.05) is 13.1 Å². The third-order valence-corrected chi connectivity index (χ3v) is 3.08. The molecule has 3 nitrogen and oxygen atoms in total. The lowest BCUT2D eigenvalue weighted by Gasteiger charge is -2.25. The molecule has 0 heterocycles. The smallest absolute Gasteiger partial charge is 0.119 e. The highest BCUT2D eigenvalue weighted by Crippen LogP contribution is 2.19. The number of likely N-dealkylation sites (N-methyl/N-ethyl adjacent to an activating group) is 1. The van der Waals surface area contributed by atoms with E-state index in [2.05, 4.69) is 25.7 Å². The van der Waals surface area contributed by atoms with E-state index in [1.807, 2.05) is 31.2 Å². The molecule has 108 valence electrons. The maximum atomic E-state index is 10.3. The summed E-state index contributed by atoms with van der Waals surface area (Å²) in [7, 11) is 0. The molecule has 0 aromatic heterocycles. The molecular weight excluding hydrogens is 238 g/mol. The average Bonchev–Trinajstić information content (AvgIpc) is 2.38. The van der Waals surface area contributed by atoms with Gasteiger partial charge in [-0.05, 0) is 37.1 Å². The van der Waals surface area contributed by atoms with Crippen molar-refractivity contribution >= 4 is 0 Å². The van der Waals surface area contributed by atoms with Crippen molar-refractivity contribution in [2.45, 2.75) is 33.8 Å². The van der Waals surface area contributed by atoms with Gasteiger partial charge in [-0.2, -0.15) is 0 Å². The maximum Gasteiger partial charge on any atom is 0.119 e. The first-order valence-electron chi connectivity index (χ1n) is 7.20. The standard InChI is InChI=1S/C16H27NO2/c1-5-17(11-13(3)4)12-16(18)14-7-9-15(10-8-14)19-6-2/h7-10,13,16,18H,5-6,11-12H2,1-4H3. The van der Waals surface area contributed by atoms with E-state index in [0.29, 0.717) is 19.1 Å². The summed E-state index contributed by atoms with van der Waals surface area (Å²) in [6.45, 7) is 11.8. The summed E-state index contributed by atoms with van der Waals surface area (Å²) in [5, 5.41) is 10.3. The summed E-state index contributed by atoms with van der Waals surface area (Å²) in [5.74, 6) is 1.47. The summed E-state index contributed by atoms with van der Waals surface area (Å²) < 4.78 is 5.40. The van der Waals surface area contributed by atoms with Crippen molar-refractivity contribution < 1.29 is 9.84 Å². The van der Waals surface area contributed by atoms with Crippen LogP contribution in [0.25, 0.3) is 0 Å². The third-order valence-electron chi connectivity index (χ3n) is 3.08. The second-order valence-corrected chi connectivity index (χ2v) is 5.26. The van der Waals surface area contributed by atoms with Crippen LogP contribution in [0.1, 0.15) is 39.4 Å². The first kappa shape index (κ1) is 16.0. The van der Waals surface area contributed by atoms with Crippen molar-refractivity contribution in [3.63, 3.8) is 0 Å². The molecule has 0 saturated heterocycles. The van der Waals surface area contributed by atoms with Crippen LogP contribution >= 0.6 is 0 Å². The van der Waals surface area contributed by atoms with Crippen molar-refractivity contribution in [1.29, 1.82) is 0 Å². The molecule has 0 aliphatic carbocycles. The number of ether oxygens (including phenoxy) is 1. The van der Waals surface area contributed by atoms with Gasteiger partial charge in [0.2, 0.25) is 0 Å². The van der Waals surface area contributed by atoms with Crippen LogP contribution in [0.4, 0.5) is 0 Å². The molecule has 0 aliphatic rings. The lowest BCUT2D eigenvalue weighted by Crippen LogP contribution is -2.31. The van der Waals surface area contributed by atoms with Gasteiger partial charge in [0.1, 0.15) is 5.75 Å². The van der Waals surface area contributed by atoms with Crippen LogP contribution in [0, 0.1) is 5.92 Å². The number of hydrogen-bond acceptors (Lipinski definition) is 3. The van der Waals surface area contributed by atoms with Crippen LogP contribution in [-0.4, -0.2) is 36.2 Å². The minimum atomic E-state index is -0.436. The molecule has 0 fully saturated rings. The Morgan fingerprint density at radius 2 is 1.74 bits per heavy atom. The number of benzene rings is 1. The number of hydrogen-bond donors (Lipinski definition) is 1. The molecule has 0 bridgehead atoms.